The van der Waals surface area contributed by atoms with Gasteiger partial charge in [-0.15, -0.1) is 0 Å². The topological polar surface area (TPSA) is 124 Å². The summed E-state index contributed by atoms with van der Waals surface area (Å²) in [6.45, 7) is 2.59. The van der Waals surface area contributed by atoms with Crippen LogP contribution in [0.3, 0.4) is 0 Å². The lowest BCUT2D eigenvalue weighted by molar-refractivity contribution is 0.192. The summed E-state index contributed by atoms with van der Waals surface area (Å²) in [6.07, 6.45) is 1.68. The zero-order valence-corrected chi connectivity index (χ0v) is 14.0. The molecule has 1 aromatic rings. The van der Waals surface area contributed by atoms with Gasteiger partial charge in [-0.1, -0.05) is 13.0 Å². The maximum atomic E-state index is 12.8. The fraction of sp³-hybridized carbons (Fsp3) is 0.538. The van der Waals surface area contributed by atoms with E-state index in [9.17, 15) is 16.8 Å². The second-order valence-corrected chi connectivity index (χ2v) is 9.01. The van der Waals surface area contributed by atoms with E-state index in [2.05, 4.69) is 0 Å². The maximum absolute atomic E-state index is 12.8. The third-order valence-corrected chi connectivity index (χ3v) is 6.88. The summed E-state index contributed by atoms with van der Waals surface area (Å²) < 4.78 is 49.8. The van der Waals surface area contributed by atoms with Gasteiger partial charge in [-0.25, -0.2) is 22.0 Å². The van der Waals surface area contributed by atoms with E-state index in [0.717, 1.165) is 18.9 Å². The predicted octanol–water partition coefficient (Wildman–Crippen LogP) is 0.0819. The average molecular weight is 347 g/mol. The molecule has 1 aromatic carbocycles. The van der Waals surface area contributed by atoms with Crippen LogP contribution < -0.4 is 10.9 Å². The van der Waals surface area contributed by atoms with Crippen LogP contribution in [0, 0.1) is 5.92 Å². The molecule has 1 heterocycles. The molecular weight excluding hydrogens is 326 g/mol. The van der Waals surface area contributed by atoms with Crippen LogP contribution in [-0.4, -0.2) is 40.3 Å². The van der Waals surface area contributed by atoms with Crippen molar-refractivity contribution in [3.63, 3.8) is 0 Å². The number of hydrogen-bond donors (Lipinski definition) is 2. The van der Waals surface area contributed by atoms with Crippen molar-refractivity contribution in [3.05, 3.63) is 24.3 Å². The average Bonchev–Trinajstić information content (AvgIpc) is 2.46. The van der Waals surface area contributed by atoms with Gasteiger partial charge in [-0.2, -0.15) is 4.31 Å². The molecule has 0 amide bonds. The highest BCUT2D eigenvalue weighted by atomic mass is 32.2. The number of sulfonamides is 2. The fourth-order valence-corrected chi connectivity index (χ4v) is 5.26. The summed E-state index contributed by atoms with van der Waals surface area (Å²) in [5.74, 6) is 0.162. The van der Waals surface area contributed by atoms with Gasteiger partial charge in [0, 0.05) is 19.1 Å². The summed E-state index contributed by atoms with van der Waals surface area (Å²) in [6, 6.07) is 4.83. The first-order chi connectivity index (χ1) is 10.2. The largest absolute Gasteiger partial charge is 0.329 e. The molecule has 9 heteroatoms. The Morgan fingerprint density at radius 1 is 1.23 bits per heavy atom. The summed E-state index contributed by atoms with van der Waals surface area (Å²) in [7, 11) is -7.76. The fourth-order valence-electron chi connectivity index (χ4n) is 2.81. The minimum Gasteiger partial charge on any atom is -0.329 e. The molecule has 1 saturated heterocycles. The highest BCUT2D eigenvalue weighted by Gasteiger charge is 2.36. The number of nitrogens with two attached hydrogens (primary N) is 2. The Hall–Kier alpha value is -1.00. The van der Waals surface area contributed by atoms with Crippen molar-refractivity contribution < 1.29 is 16.8 Å². The van der Waals surface area contributed by atoms with Gasteiger partial charge in [0.1, 0.15) is 0 Å². The zero-order chi connectivity index (χ0) is 16.5. The molecule has 0 radical (unpaired) electrons. The number of rotatable bonds is 4. The lowest BCUT2D eigenvalue weighted by atomic mass is 9.93. The van der Waals surface area contributed by atoms with Gasteiger partial charge >= 0.3 is 0 Å². The van der Waals surface area contributed by atoms with Crippen molar-refractivity contribution in [2.45, 2.75) is 35.6 Å². The normalized spacial score (nSPS) is 24.3. The molecule has 22 heavy (non-hydrogen) atoms. The molecule has 0 aromatic heterocycles. The summed E-state index contributed by atoms with van der Waals surface area (Å²) in [4.78, 5) is -0.297. The molecule has 4 N–H and O–H groups in total. The van der Waals surface area contributed by atoms with Crippen LogP contribution in [0.5, 0.6) is 0 Å². The molecule has 2 atom stereocenters. The maximum Gasteiger partial charge on any atom is 0.243 e. The van der Waals surface area contributed by atoms with Gasteiger partial charge in [-0.3, -0.25) is 0 Å². The zero-order valence-electron chi connectivity index (χ0n) is 12.3. The van der Waals surface area contributed by atoms with Crippen molar-refractivity contribution in [1.82, 2.24) is 4.31 Å². The molecule has 1 aliphatic rings. The quantitative estimate of drug-likeness (QED) is 0.798. The van der Waals surface area contributed by atoms with Crippen molar-refractivity contribution in [1.29, 1.82) is 0 Å². The molecule has 2 rings (SSSR count). The van der Waals surface area contributed by atoms with Gasteiger partial charge in [0.25, 0.3) is 0 Å². The van der Waals surface area contributed by atoms with Gasteiger partial charge in [-0.05, 0) is 37.0 Å². The Labute approximate surface area is 131 Å². The molecule has 0 saturated carbocycles. The first-order valence-corrected chi connectivity index (χ1v) is 10.0. The van der Waals surface area contributed by atoms with Crippen LogP contribution in [0.4, 0.5) is 0 Å². The molecule has 0 unspecified atom stereocenters. The Morgan fingerprint density at radius 3 is 2.45 bits per heavy atom. The van der Waals surface area contributed by atoms with E-state index < -0.39 is 20.0 Å². The van der Waals surface area contributed by atoms with E-state index in [4.69, 9.17) is 10.9 Å². The molecule has 124 valence electrons. The van der Waals surface area contributed by atoms with Gasteiger partial charge < -0.3 is 5.73 Å². The van der Waals surface area contributed by atoms with E-state index in [0.29, 0.717) is 6.54 Å². The van der Waals surface area contributed by atoms with Gasteiger partial charge in [0.05, 0.1) is 9.79 Å². The molecule has 1 aliphatic heterocycles. The Balaban J connectivity index is 2.46. The molecule has 0 aliphatic carbocycles. The molecule has 7 nitrogen and oxygen atoms in total. The molecule has 1 fully saturated rings. The first-order valence-electron chi connectivity index (χ1n) is 7.02. The lowest BCUT2D eigenvalue weighted by Gasteiger charge is -2.38. The standard InChI is InChI=1S/C13H21N3O4S2/c1-10-4-3-7-16(13(10)9-14)22(19,20)12-6-2-5-11(8-12)21(15,17)18/h2,5-6,8,10,13H,3-4,7,9,14H2,1H3,(H2,15,17,18)/t10-,13-/m1/s1. The van der Waals surface area contributed by atoms with Crippen molar-refractivity contribution in [3.8, 4) is 0 Å². The number of hydrogen-bond acceptors (Lipinski definition) is 5. The van der Waals surface area contributed by atoms with Crippen LogP contribution in [0.1, 0.15) is 19.8 Å². The van der Waals surface area contributed by atoms with E-state index >= 15 is 0 Å². The van der Waals surface area contributed by atoms with E-state index in [-0.39, 0.29) is 28.3 Å². The van der Waals surface area contributed by atoms with Gasteiger partial charge in [0.2, 0.25) is 20.0 Å². The Morgan fingerprint density at radius 2 is 1.86 bits per heavy atom. The van der Waals surface area contributed by atoms with E-state index in [1.165, 1.54) is 22.5 Å². The molecular formula is C13H21N3O4S2. The predicted molar refractivity (Wildman–Crippen MR) is 82.9 cm³/mol. The van der Waals surface area contributed by atoms with Crippen LogP contribution in [-0.2, 0) is 20.0 Å². The minimum absolute atomic E-state index is 0.0772. The van der Waals surface area contributed by atoms with E-state index in [1.54, 1.807) is 0 Å². The lowest BCUT2D eigenvalue weighted by Crippen LogP contribution is -2.51. The summed E-state index contributed by atoms with van der Waals surface area (Å²) in [5, 5.41) is 5.07. The highest BCUT2D eigenvalue weighted by Crippen LogP contribution is 2.29. The van der Waals surface area contributed by atoms with Crippen LogP contribution in [0.2, 0.25) is 0 Å². The highest BCUT2D eigenvalue weighted by molar-refractivity contribution is 7.90. The second kappa shape index (κ2) is 6.25. The van der Waals surface area contributed by atoms with Crippen LogP contribution in [0.15, 0.2) is 34.1 Å². The number of benzene rings is 1. The smallest absolute Gasteiger partial charge is 0.243 e. The second-order valence-electron chi connectivity index (χ2n) is 5.56. The number of nitrogens with zero attached hydrogens (tertiary/aromatic N) is 1. The molecule has 0 bridgehead atoms. The SMILES string of the molecule is C[C@@H]1CCCN(S(=O)(=O)c2cccc(S(N)(=O)=O)c2)[C@@H]1CN. The number of piperidine rings is 1. The monoisotopic (exact) mass is 347 g/mol. The van der Waals surface area contributed by atoms with Crippen LogP contribution >= 0.6 is 0 Å². The summed E-state index contributed by atoms with van der Waals surface area (Å²) in [5.41, 5.74) is 5.74. The van der Waals surface area contributed by atoms with Crippen molar-refractivity contribution in [2.24, 2.45) is 16.8 Å². The van der Waals surface area contributed by atoms with Crippen LogP contribution in [0.25, 0.3) is 0 Å². The first kappa shape index (κ1) is 17.4. The van der Waals surface area contributed by atoms with E-state index in [1.807, 2.05) is 6.92 Å². The Bertz CT molecular complexity index is 746. The third-order valence-electron chi connectivity index (χ3n) is 4.05. The molecule has 0 spiro atoms. The van der Waals surface area contributed by atoms with Crippen molar-refractivity contribution in [2.75, 3.05) is 13.1 Å². The summed E-state index contributed by atoms with van der Waals surface area (Å²) >= 11 is 0. The Kier molecular flexibility index (Phi) is 4.93. The number of primary sulfonamides is 1. The minimum atomic E-state index is -3.95. The third kappa shape index (κ3) is 3.33. The van der Waals surface area contributed by atoms with Crippen molar-refractivity contribution >= 4 is 20.0 Å². The van der Waals surface area contributed by atoms with Gasteiger partial charge in [0.15, 0.2) is 0 Å².